The molecule has 3 aromatic rings. The van der Waals surface area contributed by atoms with E-state index in [2.05, 4.69) is 0 Å². The van der Waals surface area contributed by atoms with E-state index in [-0.39, 0.29) is 12.5 Å². The lowest BCUT2D eigenvalue weighted by Crippen LogP contribution is -2.21. The lowest BCUT2D eigenvalue weighted by molar-refractivity contribution is 0.0602. The van der Waals surface area contributed by atoms with Gasteiger partial charge >= 0.3 is 5.97 Å². The van der Waals surface area contributed by atoms with Crippen molar-refractivity contribution in [1.82, 2.24) is 4.57 Å². The van der Waals surface area contributed by atoms with Crippen molar-refractivity contribution in [2.45, 2.75) is 20.8 Å². The maximum atomic E-state index is 12.9. The summed E-state index contributed by atoms with van der Waals surface area (Å²) in [4.78, 5) is 25.0. The van der Waals surface area contributed by atoms with Crippen molar-refractivity contribution in [3.8, 4) is 5.75 Å². The average molecular weight is 351 g/mol. The topological polar surface area (TPSA) is 57.5 Å². The van der Waals surface area contributed by atoms with Gasteiger partial charge in [0.25, 0.3) is 5.91 Å². The van der Waals surface area contributed by atoms with Gasteiger partial charge in [0.05, 0.1) is 18.2 Å². The molecule has 0 aliphatic heterocycles. The van der Waals surface area contributed by atoms with Crippen molar-refractivity contribution in [1.29, 1.82) is 0 Å². The number of aromatic nitrogens is 1. The van der Waals surface area contributed by atoms with Crippen LogP contribution in [0.3, 0.4) is 0 Å². The molecule has 0 amide bonds. The highest BCUT2D eigenvalue weighted by Gasteiger charge is 2.23. The van der Waals surface area contributed by atoms with Crippen molar-refractivity contribution < 1.29 is 19.1 Å². The fourth-order valence-corrected chi connectivity index (χ4v) is 3.13. The molecular weight excluding hydrogens is 330 g/mol. The second kappa shape index (κ2) is 7.04. The van der Waals surface area contributed by atoms with Gasteiger partial charge in [-0.2, -0.15) is 0 Å². The standard InChI is InChI=1S/C21H21NO4/c1-13-8-7-11-18(14(13)2)26-12-19(23)22-15(3)20(21(24)25-4)16-9-5-6-10-17(16)22/h5-11H,12H2,1-4H3. The number of nitrogens with zero attached hydrogens (tertiary/aromatic N) is 1. The second-order valence-corrected chi connectivity index (χ2v) is 6.19. The second-order valence-electron chi connectivity index (χ2n) is 6.19. The van der Waals surface area contributed by atoms with E-state index >= 15 is 0 Å². The number of benzene rings is 2. The Morgan fingerprint density at radius 3 is 2.46 bits per heavy atom. The summed E-state index contributed by atoms with van der Waals surface area (Å²) in [7, 11) is 1.33. The van der Waals surface area contributed by atoms with Crippen molar-refractivity contribution >= 4 is 22.8 Å². The van der Waals surface area contributed by atoms with Crippen molar-refractivity contribution in [3.63, 3.8) is 0 Å². The van der Waals surface area contributed by atoms with Crippen molar-refractivity contribution in [3.05, 3.63) is 64.8 Å². The lowest BCUT2D eigenvalue weighted by Gasteiger charge is -2.12. The molecule has 0 aliphatic carbocycles. The number of hydrogen-bond donors (Lipinski definition) is 0. The number of carbonyl (C=O) groups is 2. The van der Waals surface area contributed by atoms with E-state index in [4.69, 9.17) is 9.47 Å². The maximum absolute atomic E-state index is 12.9. The number of ether oxygens (including phenoxy) is 2. The van der Waals surface area contributed by atoms with Gasteiger partial charge in [0.1, 0.15) is 5.75 Å². The Balaban J connectivity index is 1.97. The molecule has 5 nitrogen and oxygen atoms in total. The minimum absolute atomic E-state index is 0.121. The number of rotatable bonds is 4. The fraction of sp³-hybridized carbons (Fsp3) is 0.238. The third-order valence-corrected chi connectivity index (χ3v) is 4.66. The first-order valence-electron chi connectivity index (χ1n) is 8.36. The molecule has 2 aromatic carbocycles. The monoisotopic (exact) mass is 351 g/mol. The van der Waals surface area contributed by atoms with Gasteiger partial charge in [-0.15, -0.1) is 0 Å². The van der Waals surface area contributed by atoms with E-state index in [1.807, 2.05) is 56.3 Å². The molecule has 0 radical (unpaired) electrons. The summed E-state index contributed by atoms with van der Waals surface area (Å²) >= 11 is 0. The highest BCUT2D eigenvalue weighted by molar-refractivity contribution is 6.09. The molecule has 0 aliphatic rings. The van der Waals surface area contributed by atoms with Gasteiger partial charge in [0, 0.05) is 11.1 Å². The first kappa shape index (κ1) is 17.7. The van der Waals surface area contributed by atoms with Crippen LogP contribution in [0.1, 0.15) is 32.0 Å². The Bertz CT molecular complexity index is 1000. The molecule has 0 saturated carbocycles. The van der Waals surface area contributed by atoms with E-state index in [1.165, 1.54) is 11.7 Å². The van der Waals surface area contributed by atoms with E-state index in [1.54, 1.807) is 6.92 Å². The fourth-order valence-electron chi connectivity index (χ4n) is 3.13. The van der Waals surface area contributed by atoms with Crippen LogP contribution in [0.25, 0.3) is 10.9 Å². The number of esters is 1. The molecule has 0 saturated heterocycles. The minimum atomic E-state index is -0.458. The molecule has 1 heterocycles. The molecule has 1 aromatic heterocycles. The highest BCUT2D eigenvalue weighted by Crippen LogP contribution is 2.27. The van der Waals surface area contributed by atoms with Gasteiger partial charge in [-0.1, -0.05) is 30.3 Å². The van der Waals surface area contributed by atoms with Crippen molar-refractivity contribution in [2.75, 3.05) is 13.7 Å². The van der Waals surface area contributed by atoms with Gasteiger partial charge in [0.15, 0.2) is 6.61 Å². The Kier molecular flexibility index (Phi) is 4.80. The Hall–Kier alpha value is -3.08. The molecule has 5 heteroatoms. The van der Waals surface area contributed by atoms with Gasteiger partial charge in [0.2, 0.25) is 0 Å². The molecule has 26 heavy (non-hydrogen) atoms. The van der Waals surface area contributed by atoms with E-state index in [0.717, 1.165) is 11.1 Å². The first-order chi connectivity index (χ1) is 12.5. The van der Waals surface area contributed by atoms with Crippen LogP contribution < -0.4 is 4.74 Å². The van der Waals surface area contributed by atoms with Gasteiger partial charge in [-0.25, -0.2) is 4.79 Å². The summed E-state index contributed by atoms with van der Waals surface area (Å²) in [6.45, 7) is 5.57. The number of carbonyl (C=O) groups excluding carboxylic acids is 2. The SMILES string of the molecule is COC(=O)c1c(C)n(C(=O)COc2cccc(C)c2C)c2ccccc12. The summed E-state index contributed by atoms with van der Waals surface area (Å²) in [5.41, 5.74) is 3.73. The summed E-state index contributed by atoms with van der Waals surface area (Å²) in [6.07, 6.45) is 0. The number of fused-ring (bicyclic) bond motifs is 1. The van der Waals surface area contributed by atoms with Crippen LogP contribution in [0, 0.1) is 20.8 Å². The molecule has 0 unspecified atom stereocenters. The summed E-state index contributed by atoms with van der Waals surface area (Å²) in [5, 5.41) is 0.692. The smallest absolute Gasteiger partial charge is 0.340 e. The number of aryl methyl sites for hydroxylation is 1. The Labute approximate surface area is 152 Å². The maximum Gasteiger partial charge on any atom is 0.340 e. The molecule has 0 N–H and O–H groups in total. The van der Waals surface area contributed by atoms with Gasteiger partial charge in [-0.05, 0) is 44.0 Å². The molecule has 0 fully saturated rings. The van der Waals surface area contributed by atoms with Gasteiger partial charge < -0.3 is 9.47 Å². The predicted molar refractivity (Wildman–Crippen MR) is 100 cm³/mol. The van der Waals surface area contributed by atoms with Crippen LogP contribution in [0.4, 0.5) is 0 Å². The van der Waals surface area contributed by atoms with E-state index < -0.39 is 5.97 Å². The molecule has 0 spiro atoms. The van der Waals surface area contributed by atoms with Crippen LogP contribution in [0.15, 0.2) is 42.5 Å². The zero-order valence-corrected chi connectivity index (χ0v) is 15.3. The van der Waals surface area contributed by atoms with Crippen LogP contribution in [0.5, 0.6) is 5.75 Å². The summed E-state index contributed by atoms with van der Waals surface area (Å²) < 4.78 is 12.1. The average Bonchev–Trinajstić information content (AvgIpc) is 2.94. The third-order valence-electron chi connectivity index (χ3n) is 4.66. The van der Waals surface area contributed by atoms with Crippen LogP contribution >= 0.6 is 0 Å². The normalized spacial score (nSPS) is 10.8. The molecule has 0 bridgehead atoms. The van der Waals surface area contributed by atoms with Gasteiger partial charge in [-0.3, -0.25) is 9.36 Å². The highest BCUT2D eigenvalue weighted by atomic mass is 16.5. The lowest BCUT2D eigenvalue weighted by atomic mass is 10.1. The zero-order chi connectivity index (χ0) is 18.8. The third kappa shape index (κ3) is 2.96. The van der Waals surface area contributed by atoms with E-state index in [9.17, 15) is 9.59 Å². The van der Waals surface area contributed by atoms with Crippen LogP contribution in [-0.2, 0) is 4.74 Å². The summed E-state index contributed by atoms with van der Waals surface area (Å²) in [6, 6.07) is 13.0. The molecule has 3 rings (SSSR count). The van der Waals surface area contributed by atoms with Crippen LogP contribution in [0.2, 0.25) is 0 Å². The zero-order valence-electron chi connectivity index (χ0n) is 15.3. The molecule has 0 atom stereocenters. The van der Waals surface area contributed by atoms with Crippen molar-refractivity contribution in [2.24, 2.45) is 0 Å². The van der Waals surface area contributed by atoms with E-state index in [0.29, 0.717) is 27.9 Å². The van der Waals surface area contributed by atoms with Crippen LogP contribution in [-0.4, -0.2) is 30.2 Å². The largest absolute Gasteiger partial charge is 0.483 e. The number of methoxy groups -OCH3 is 1. The molecular formula is C21H21NO4. The quantitative estimate of drug-likeness (QED) is 0.665. The summed E-state index contributed by atoms with van der Waals surface area (Å²) in [5.74, 6) is -0.0175. The predicted octanol–water partition coefficient (Wildman–Crippen LogP) is 4.07. The first-order valence-corrected chi connectivity index (χ1v) is 8.36. The minimum Gasteiger partial charge on any atom is -0.483 e. The Morgan fingerprint density at radius 2 is 1.73 bits per heavy atom. The number of hydrogen-bond acceptors (Lipinski definition) is 4. The number of para-hydroxylation sites is 1. The Morgan fingerprint density at radius 1 is 1.00 bits per heavy atom. The molecule has 134 valence electrons.